The number of nitrogens with one attached hydrogen (secondary N) is 3. The first-order valence-corrected chi connectivity index (χ1v) is 12.9. The third-order valence-electron chi connectivity index (χ3n) is 6.31. The zero-order valence-corrected chi connectivity index (χ0v) is 21.6. The molecule has 9 heteroatoms. The minimum Gasteiger partial charge on any atom is -0.445 e. The molecule has 0 saturated heterocycles. The average Bonchev–Trinajstić information content (AvgIpc) is 2.95. The lowest BCUT2D eigenvalue weighted by Gasteiger charge is -2.35. The van der Waals surface area contributed by atoms with Crippen molar-refractivity contribution in [1.82, 2.24) is 16.0 Å². The van der Waals surface area contributed by atoms with Crippen LogP contribution < -0.4 is 16.0 Å². The summed E-state index contributed by atoms with van der Waals surface area (Å²) in [5.41, 5.74) is 2.62. The first kappa shape index (κ1) is 27.5. The predicted molar refractivity (Wildman–Crippen MR) is 145 cm³/mol. The maximum atomic E-state index is 12.5. The second kappa shape index (κ2) is 14.4. The van der Waals surface area contributed by atoms with Crippen LogP contribution in [-0.4, -0.2) is 36.4 Å². The van der Waals surface area contributed by atoms with Crippen LogP contribution >= 0.6 is 0 Å². The van der Waals surface area contributed by atoms with Gasteiger partial charge in [-0.05, 0) is 36.0 Å². The van der Waals surface area contributed by atoms with Crippen molar-refractivity contribution < 1.29 is 28.6 Å². The smallest absolute Gasteiger partial charge is 0.407 e. The maximum Gasteiger partial charge on any atom is 0.407 e. The van der Waals surface area contributed by atoms with Gasteiger partial charge in [0.15, 0.2) is 0 Å². The minimum absolute atomic E-state index is 0.139. The van der Waals surface area contributed by atoms with Gasteiger partial charge in [0, 0.05) is 18.1 Å². The van der Waals surface area contributed by atoms with E-state index >= 15 is 0 Å². The van der Waals surface area contributed by atoms with E-state index in [0.717, 1.165) is 16.7 Å². The Morgan fingerprint density at radius 3 is 1.00 bits per heavy atom. The molecule has 0 unspecified atom stereocenters. The molecule has 3 aromatic rings. The highest BCUT2D eigenvalue weighted by Crippen LogP contribution is 2.21. The summed E-state index contributed by atoms with van der Waals surface area (Å²) in [6.45, 7) is 0.418. The maximum absolute atomic E-state index is 12.5. The second-order valence-electron chi connectivity index (χ2n) is 9.42. The third-order valence-corrected chi connectivity index (χ3v) is 6.31. The molecule has 4 rings (SSSR count). The highest BCUT2D eigenvalue weighted by molar-refractivity contribution is 5.69. The molecule has 3 N–H and O–H groups in total. The lowest BCUT2D eigenvalue weighted by atomic mass is 9.87. The molecule has 1 saturated carbocycles. The van der Waals surface area contributed by atoms with Gasteiger partial charge in [-0.25, -0.2) is 14.4 Å². The van der Waals surface area contributed by atoms with E-state index in [-0.39, 0.29) is 37.9 Å². The molecule has 0 bridgehead atoms. The number of carbonyl (C=O) groups excluding carboxylic acids is 3. The van der Waals surface area contributed by atoms with Gasteiger partial charge < -0.3 is 30.2 Å². The summed E-state index contributed by atoms with van der Waals surface area (Å²) < 4.78 is 16.1. The van der Waals surface area contributed by atoms with Crippen LogP contribution in [-0.2, 0) is 34.0 Å². The molecule has 39 heavy (non-hydrogen) atoms. The van der Waals surface area contributed by atoms with Gasteiger partial charge in [0.2, 0.25) is 0 Å². The van der Waals surface area contributed by atoms with Crippen LogP contribution in [0.5, 0.6) is 0 Å². The fourth-order valence-corrected chi connectivity index (χ4v) is 4.47. The normalized spacial score (nSPS) is 18.3. The summed E-state index contributed by atoms with van der Waals surface area (Å²) in [6.07, 6.45) is -0.335. The van der Waals surface area contributed by atoms with Gasteiger partial charge in [-0.15, -0.1) is 0 Å². The average molecular weight is 532 g/mol. The van der Waals surface area contributed by atoms with Gasteiger partial charge in [0.25, 0.3) is 0 Å². The summed E-state index contributed by atoms with van der Waals surface area (Å²) >= 11 is 0. The summed E-state index contributed by atoms with van der Waals surface area (Å²) in [5.74, 6) is 0. The van der Waals surface area contributed by atoms with Gasteiger partial charge in [0.1, 0.15) is 19.8 Å². The Bertz CT molecular complexity index is 1040. The molecule has 0 radical (unpaired) electrons. The number of hydrogen-bond acceptors (Lipinski definition) is 6. The van der Waals surface area contributed by atoms with Crippen molar-refractivity contribution in [3.63, 3.8) is 0 Å². The third kappa shape index (κ3) is 9.70. The number of benzene rings is 3. The molecule has 1 fully saturated rings. The van der Waals surface area contributed by atoms with Crippen LogP contribution in [0, 0.1) is 0 Å². The Kier molecular flexibility index (Phi) is 10.2. The van der Waals surface area contributed by atoms with Crippen molar-refractivity contribution >= 4 is 18.3 Å². The summed E-state index contributed by atoms with van der Waals surface area (Å²) in [5, 5.41) is 8.60. The molecule has 1 aliphatic rings. The number of ether oxygens (including phenoxy) is 3. The van der Waals surface area contributed by atoms with Gasteiger partial charge >= 0.3 is 18.3 Å². The quantitative estimate of drug-likeness (QED) is 0.333. The molecule has 0 aromatic heterocycles. The van der Waals surface area contributed by atoms with Gasteiger partial charge in [-0.2, -0.15) is 0 Å². The fraction of sp³-hybridized carbons (Fsp3) is 0.300. The standard InChI is InChI=1S/C30H33N3O6/c34-28(37-19-22-10-4-1-5-11-22)31-25-16-26(32-29(35)38-20-23-12-6-2-7-13-23)18-27(17-25)33-30(36)39-21-24-14-8-3-9-15-24/h1-15,25-27H,16-21H2,(H,31,34)(H,32,35)(H,33,36). The van der Waals surface area contributed by atoms with Crippen LogP contribution in [0.25, 0.3) is 0 Å². The Labute approximate surface area is 227 Å². The van der Waals surface area contributed by atoms with Crippen molar-refractivity contribution in [2.24, 2.45) is 0 Å². The van der Waals surface area contributed by atoms with Crippen LogP contribution in [0.1, 0.15) is 36.0 Å². The monoisotopic (exact) mass is 531 g/mol. The highest BCUT2D eigenvalue weighted by atomic mass is 16.6. The Balaban J connectivity index is 1.31. The van der Waals surface area contributed by atoms with Crippen LogP contribution in [0.3, 0.4) is 0 Å². The van der Waals surface area contributed by atoms with Crippen molar-refractivity contribution in [3.8, 4) is 0 Å². The Morgan fingerprint density at radius 1 is 0.487 bits per heavy atom. The number of rotatable bonds is 9. The second-order valence-corrected chi connectivity index (χ2v) is 9.42. The van der Waals surface area contributed by atoms with Crippen LogP contribution in [0.4, 0.5) is 14.4 Å². The van der Waals surface area contributed by atoms with E-state index in [1.54, 1.807) is 0 Å². The van der Waals surface area contributed by atoms with E-state index in [2.05, 4.69) is 16.0 Å². The van der Waals surface area contributed by atoms with E-state index in [1.165, 1.54) is 0 Å². The number of carbonyl (C=O) groups is 3. The topological polar surface area (TPSA) is 115 Å². The van der Waals surface area contributed by atoms with Gasteiger partial charge in [-0.1, -0.05) is 91.0 Å². The SMILES string of the molecule is O=C(NC1CC(NC(=O)OCc2ccccc2)CC(NC(=O)OCc2ccccc2)C1)OCc1ccccc1. The van der Waals surface area contributed by atoms with Crippen molar-refractivity contribution in [1.29, 1.82) is 0 Å². The predicted octanol–water partition coefficient (Wildman–Crippen LogP) is 5.06. The first-order chi connectivity index (χ1) is 19.0. The molecule has 0 heterocycles. The first-order valence-electron chi connectivity index (χ1n) is 12.9. The molecule has 1 aliphatic carbocycles. The van der Waals surface area contributed by atoms with Crippen LogP contribution in [0.2, 0.25) is 0 Å². The Morgan fingerprint density at radius 2 is 0.744 bits per heavy atom. The number of amides is 3. The lowest BCUT2D eigenvalue weighted by Crippen LogP contribution is -2.53. The van der Waals surface area contributed by atoms with E-state index in [0.29, 0.717) is 19.3 Å². The largest absolute Gasteiger partial charge is 0.445 e. The molecule has 0 spiro atoms. The van der Waals surface area contributed by atoms with Crippen LogP contribution in [0.15, 0.2) is 91.0 Å². The van der Waals surface area contributed by atoms with Gasteiger partial charge in [0.05, 0.1) is 0 Å². The lowest BCUT2D eigenvalue weighted by molar-refractivity contribution is 0.116. The molecule has 3 amide bonds. The van der Waals surface area contributed by atoms with Crippen molar-refractivity contribution in [3.05, 3.63) is 108 Å². The summed E-state index contributed by atoms with van der Waals surface area (Å²) in [7, 11) is 0. The molecule has 204 valence electrons. The van der Waals surface area contributed by atoms with E-state index < -0.39 is 18.3 Å². The summed E-state index contributed by atoms with van der Waals surface area (Å²) in [6, 6.07) is 27.1. The molecule has 0 aliphatic heterocycles. The number of alkyl carbamates (subject to hydrolysis) is 3. The van der Waals surface area contributed by atoms with E-state index in [1.807, 2.05) is 91.0 Å². The zero-order valence-electron chi connectivity index (χ0n) is 21.6. The number of hydrogen-bond donors (Lipinski definition) is 3. The summed E-state index contributed by atoms with van der Waals surface area (Å²) in [4.78, 5) is 37.5. The molecule has 3 aromatic carbocycles. The Hall–Kier alpha value is -4.53. The van der Waals surface area contributed by atoms with E-state index in [9.17, 15) is 14.4 Å². The zero-order chi connectivity index (χ0) is 27.3. The minimum atomic E-state index is -0.568. The highest BCUT2D eigenvalue weighted by Gasteiger charge is 2.32. The molecular weight excluding hydrogens is 498 g/mol. The molecular formula is C30H33N3O6. The molecule has 0 atom stereocenters. The van der Waals surface area contributed by atoms with E-state index in [4.69, 9.17) is 14.2 Å². The van der Waals surface area contributed by atoms with Crippen molar-refractivity contribution in [2.45, 2.75) is 57.2 Å². The fourth-order valence-electron chi connectivity index (χ4n) is 4.47. The van der Waals surface area contributed by atoms with Crippen molar-refractivity contribution in [2.75, 3.05) is 0 Å². The molecule has 9 nitrogen and oxygen atoms in total. The van der Waals surface area contributed by atoms with Gasteiger partial charge in [-0.3, -0.25) is 0 Å².